The molecule has 1 aromatic heterocycles. The molecule has 0 saturated carbocycles. The summed E-state index contributed by atoms with van der Waals surface area (Å²) in [6.07, 6.45) is -5.28. The molecular formula is C7H5F3N2O2. The molecule has 1 aromatic rings. The van der Waals surface area contributed by atoms with Crippen molar-refractivity contribution >= 4 is 11.9 Å². The lowest BCUT2D eigenvalue weighted by atomic mass is 10.5. The number of nitrogens with one attached hydrogen (secondary N) is 1. The maximum absolute atomic E-state index is 11.5. The van der Waals surface area contributed by atoms with Crippen molar-refractivity contribution < 1.29 is 22.7 Å². The number of aromatic nitrogens is 1. The van der Waals surface area contributed by atoms with Gasteiger partial charge in [-0.05, 0) is 12.1 Å². The summed E-state index contributed by atoms with van der Waals surface area (Å²) in [5, 5.41) is 1.81. The summed E-state index contributed by atoms with van der Waals surface area (Å²) in [7, 11) is 0. The summed E-state index contributed by atoms with van der Waals surface area (Å²) < 4.78 is 37.6. The number of carbonyl (C=O) groups excluding carboxylic acids is 1. The molecule has 1 heterocycles. The van der Waals surface area contributed by atoms with Crippen LogP contribution < -0.4 is 5.32 Å². The lowest BCUT2D eigenvalue weighted by molar-refractivity contribution is -0.289. The van der Waals surface area contributed by atoms with E-state index < -0.39 is 12.5 Å². The van der Waals surface area contributed by atoms with Gasteiger partial charge in [-0.1, -0.05) is 6.07 Å². The number of rotatable bonds is 1. The van der Waals surface area contributed by atoms with Gasteiger partial charge in [0.2, 0.25) is 0 Å². The average molecular weight is 206 g/mol. The van der Waals surface area contributed by atoms with Gasteiger partial charge in [0.1, 0.15) is 5.82 Å². The fourth-order valence-corrected chi connectivity index (χ4v) is 0.672. The van der Waals surface area contributed by atoms with Crippen LogP contribution in [0.4, 0.5) is 23.8 Å². The first-order valence-electron chi connectivity index (χ1n) is 3.45. The quantitative estimate of drug-likeness (QED) is 0.765. The first-order valence-corrected chi connectivity index (χ1v) is 3.45. The smallest absolute Gasteiger partial charge is 0.356 e. The number of halogens is 3. The van der Waals surface area contributed by atoms with Crippen LogP contribution in [0.15, 0.2) is 24.4 Å². The fourth-order valence-electron chi connectivity index (χ4n) is 0.672. The summed E-state index contributed by atoms with van der Waals surface area (Å²) in [5.74, 6) is -0.0123. The Morgan fingerprint density at radius 2 is 2.14 bits per heavy atom. The summed E-state index contributed by atoms with van der Waals surface area (Å²) in [5.41, 5.74) is 0. The molecule has 1 N–H and O–H groups in total. The van der Waals surface area contributed by atoms with E-state index in [2.05, 4.69) is 9.72 Å². The van der Waals surface area contributed by atoms with Gasteiger partial charge in [0.15, 0.2) is 0 Å². The fraction of sp³-hybridized carbons (Fsp3) is 0.143. The van der Waals surface area contributed by atoms with Gasteiger partial charge in [-0.15, -0.1) is 13.2 Å². The lowest BCUT2D eigenvalue weighted by Gasteiger charge is -2.07. The molecule has 4 nitrogen and oxygen atoms in total. The summed E-state index contributed by atoms with van der Waals surface area (Å²) in [4.78, 5) is 14.1. The largest absolute Gasteiger partial charge is 0.576 e. The number of alkyl halides is 3. The standard InChI is InChI=1S/C7H5F3N2O2/c8-7(9,10)14-6(13)12-5-3-1-2-4-11-5/h1-4H,(H,11,12,13). The zero-order valence-electron chi connectivity index (χ0n) is 6.71. The van der Waals surface area contributed by atoms with E-state index in [0.29, 0.717) is 0 Å². The molecule has 0 radical (unpaired) electrons. The molecule has 0 atom stereocenters. The molecule has 0 aliphatic carbocycles. The van der Waals surface area contributed by atoms with Crippen molar-refractivity contribution in [2.45, 2.75) is 6.36 Å². The Balaban J connectivity index is 2.50. The maximum atomic E-state index is 11.5. The monoisotopic (exact) mass is 206 g/mol. The molecule has 0 bridgehead atoms. The van der Waals surface area contributed by atoms with E-state index in [1.807, 2.05) is 0 Å². The number of carbonyl (C=O) groups is 1. The van der Waals surface area contributed by atoms with E-state index in [-0.39, 0.29) is 5.82 Å². The van der Waals surface area contributed by atoms with Crippen LogP contribution in [0.5, 0.6) is 0 Å². The topological polar surface area (TPSA) is 51.2 Å². The van der Waals surface area contributed by atoms with Gasteiger partial charge in [-0.3, -0.25) is 5.32 Å². The van der Waals surface area contributed by atoms with Crippen molar-refractivity contribution in [3.63, 3.8) is 0 Å². The molecule has 0 fully saturated rings. The number of hydrogen-bond acceptors (Lipinski definition) is 3. The molecule has 14 heavy (non-hydrogen) atoms. The van der Waals surface area contributed by atoms with Gasteiger partial charge in [-0.2, -0.15) is 0 Å². The highest BCUT2D eigenvalue weighted by molar-refractivity contribution is 5.83. The first kappa shape index (κ1) is 10.3. The first-order chi connectivity index (χ1) is 6.47. The Morgan fingerprint density at radius 3 is 2.64 bits per heavy atom. The molecule has 0 spiro atoms. The third kappa shape index (κ3) is 3.74. The third-order valence-corrected chi connectivity index (χ3v) is 1.10. The average Bonchev–Trinajstić information content (AvgIpc) is 2.02. The maximum Gasteiger partial charge on any atom is 0.576 e. The zero-order valence-corrected chi connectivity index (χ0v) is 6.71. The number of anilines is 1. The van der Waals surface area contributed by atoms with E-state index >= 15 is 0 Å². The number of pyridine rings is 1. The summed E-state index contributed by atoms with van der Waals surface area (Å²) in [6.45, 7) is 0. The summed E-state index contributed by atoms with van der Waals surface area (Å²) >= 11 is 0. The second-order valence-electron chi connectivity index (χ2n) is 2.18. The summed E-state index contributed by atoms with van der Waals surface area (Å²) in [6, 6.07) is 4.40. The number of amides is 1. The Morgan fingerprint density at radius 1 is 1.43 bits per heavy atom. The van der Waals surface area contributed by atoms with Gasteiger partial charge in [0, 0.05) is 6.20 Å². The van der Waals surface area contributed by atoms with Crippen molar-refractivity contribution in [2.24, 2.45) is 0 Å². The van der Waals surface area contributed by atoms with Crippen molar-refractivity contribution in [2.75, 3.05) is 5.32 Å². The Kier molecular flexibility index (Phi) is 2.90. The molecule has 0 aliphatic rings. The van der Waals surface area contributed by atoms with Crippen molar-refractivity contribution in [1.82, 2.24) is 4.98 Å². The minimum atomic E-state index is -4.99. The van der Waals surface area contributed by atoms with Gasteiger partial charge in [-0.25, -0.2) is 9.78 Å². The van der Waals surface area contributed by atoms with Crippen LogP contribution in [-0.2, 0) is 4.74 Å². The molecule has 0 saturated heterocycles. The van der Waals surface area contributed by atoms with Crippen LogP contribution in [0.1, 0.15) is 0 Å². The molecule has 0 aliphatic heterocycles. The number of ether oxygens (including phenoxy) is 1. The van der Waals surface area contributed by atoms with Gasteiger partial charge in [0.25, 0.3) is 0 Å². The molecule has 76 valence electrons. The molecule has 7 heteroatoms. The molecule has 0 unspecified atom stereocenters. The third-order valence-electron chi connectivity index (χ3n) is 1.10. The van der Waals surface area contributed by atoms with E-state index in [0.717, 1.165) is 0 Å². The Labute approximate surface area is 76.7 Å². The second-order valence-corrected chi connectivity index (χ2v) is 2.18. The Hall–Kier alpha value is -1.79. The predicted molar refractivity (Wildman–Crippen MR) is 40.4 cm³/mol. The Bertz CT molecular complexity index is 312. The van der Waals surface area contributed by atoms with Crippen molar-refractivity contribution in [3.8, 4) is 0 Å². The van der Waals surface area contributed by atoms with E-state index in [4.69, 9.17) is 0 Å². The highest BCUT2D eigenvalue weighted by Gasteiger charge is 2.34. The van der Waals surface area contributed by atoms with Crippen LogP contribution in [0.25, 0.3) is 0 Å². The lowest BCUT2D eigenvalue weighted by Crippen LogP contribution is -2.24. The highest BCUT2D eigenvalue weighted by atomic mass is 19.4. The van der Waals surface area contributed by atoms with Crippen LogP contribution in [0, 0.1) is 0 Å². The van der Waals surface area contributed by atoms with Crippen LogP contribution in [0.2, 0.25) is 0 Å². The minimum Gasteiger partial charge on any atom is -0.356 e. The van der Waals surface area contributed by atoms with Crippen molar-refractivity contribution in [1.29, 1.82) is 0 Å². The van der Waals surface area contributed by atoms with E-state index in [1.54, 1.807) is 11.4 Å². The van der Waals surface area contributed by atoms with Gasteiger partial charge in [0.05, 0.1) is 0 Å². The molecule has 1 amide bonds. The number of hydrogen-bond donors (Lipinski definition) is 1. The van der Waals surface area contributed by atoms with E-state index in [9.17, 15) is 18.0 Å². The zero-order chi connectivity index (χ0) is 10.6. The normalized spacial score (nSPS) is 10.8. The second kappa shape index (κ2) is 3.95. The molecule has 0 aromatic carbocycles. The van der Waals surface area contributed by atoms with Crippen molar-refractivity contribution in [3.05, 3.63) is 24.4 Å². The van der Waals surface area contributed by atoms with Gasteiger partial charge >= 0.3 is 12.5 Å². The van der Waals surface area contributed by atoms with Crippen LogP contribution in [-0.4, -0.2) is 17.4 Å². The highest BCUT2D eigenvalue weighted by Crippen LogP contribution is 2.17. The van der Waals surface area contributed by atoms with Crippen LogP contribution in [0.3, 0.4) is 0 Å². The van der Waals surface area contributed by atoms with Crippen LogP contribution >= 0.6 is 0 Å². The minimum absolute atomic E-state index is 0.0123. The number of nitrogens with zero attached hydrogens (tertiary/aromatic N) is 1. The SMILES string of the molecule is O=C(Nc1ccccn1)OC(F)(F)F. The van der Waals surface area contributed by atoms with E-state index in [1.165, 1.54) is 18.3 Å². The van der Waals surface area contributed by atoms with Gasteiger partial charge < -0.3 is 4.74 Å². The predicted octanol–water partition coefficient (Wildman–Crippen LogP) is 2.15. The molecule has 1 rings (SSSR count). The molecular weight excluding hydrogens is 201 g/mol.